The lowest BCUT2D eigenvalue weighted by Gasteiger charge is -2.14. The van der Waals surface area contributed by atoms with Crippen LogP contribution in [0.15, 0.2) is 47.8 Å². The van der Waals surface area contributed by atoms with Gasteiger partial charge in [0.2, 0.25) is 0 Å². The fraction of sp³-hybridized carbons (Fsp3) is 0.333. The minimum Gasteiger partial charge on any atom is -0.369 e. The van der Waals surface area contributed by atoms with Crippen LogP contribution in [-0.2, 0) is 6.54 Å². The van der Waals surface area contributed by atoms with E-state index in [0.717, 1.165) is 52.0 Å². The van der Waals surface area contributed by atoms with Crippen LogP contribution in [0, 0.1) is 5.92 Å². The monoisotopic (exact) mass is 358 g/mol. The molecule has 3 heterocycles. The van der Waals surface area contributed by atoms with E-state index in [4.69, 9.17) is 0 Å². The second-order valence-corrected chi connectivity index (χ2v) is 7.27. The zero-order chi connectivity index (χ0) is 18.1. The number of nitrogens with zero attached hydrogens (tertiary/aromatic N) is 4. The summed E-state index contributed by atoms with van der Waals surface area (Å²) in [6.07, 6.45) is 10.7. The molecule has 1 aliphatic heterocycles. The number of amidine groups is 1. The maximum Gasteiger partial charge on any atom is 0.154 e. The first-order valence-corrected chi connectivity index (χ1v) is 9.61. The molecule has 136 valence electrons. The van der Waals surface area contributed by atoms with Crippen LogP contribution in [0.25, 0.3) is 10.8 Å². The summed E-state index contributed by atoms with van der Waals surface area (Å²) < 4.78 is 0. The van der Waals surface area contributed by atoms with Gasteiger partial charge in [0.15, 0.2) is 5.84 Å². The quantitative estimate of drug-likeness (QED) is 0.737. The number of fused-ring (bicyclic) bond motifs is 2. The van der Waals surface area contributed by atoms with Crippen molar-refractivity contribution in [2.24, 2.45) is 10.9 Å². The minimum absolute atomic E-state index is 0.582. The van der Waals surface area contributed by atoms with E-state index in [1.54, 1.807) is 12.4 Å². The van der Waals surface area contributed by atoms with Crippen LogP contribution in [0.4, 0.5) is 11.5 Å². The molecule has 0 saturated heterocycles. The van der Waals surface area contributed by atoms with Crippen molar-refractivity contribution in [1.29, 1.82) is 0 Å². The van der Waals surface area contributed by atoms with Gasteiger partial charge in [-0.05, 0) is 48.4 Å². The van der Waals surface area contributed by atoms with Gasteiger partial charge in [-0.15, -0.1) is 0 Å². The largest absolute Gasteiger partial charge is 0.369 e. The molecule has 0 radical (unpaired) electrons. The third kappa shape index (κ3) is 3.23. The average molecular weight is 358 g/mol. The molecule has 1 aromatic carbocycles. The van der Waals surface area contributed by atoms with E-state index in [2.05, 4.69) is 48.8 Å². The van der Waals surface area contributed by atoms with Crippen molar-refractivity contribution in [3.8, 4) is 0 Å². The zero-order valence-corrected chi connectivity index (χ0v) is 15.2. The highest BCUT2D eigenvalue weighted by atomic mass is 15.1. The second kappa shape index (κ2) is 6.95. The Balaban J connectivity index is 1.36. The van der Waals surface area contributed by atoms with Crippen LogP contribution in [0.1, 0.15) is 37.1 Å². The Morgan fingerprint density at radius 2 is 1.85 bits per heavy atom. The van der Waals surface area contributed by atoms with E-state index in [9.17, 15) is 0 Å². The Morgan fingerprint density at radius 3 is 2.78 bits per heavy atom. The number of hydrogen-bond donors (Lipinski definition) is 2. The van der Waals surface area contributed by atoms with Gasteiger partial charge in [0.1, 0.15) is 11.5 Å². The molecule has 0 spiro atoms. The number of benzene rings is 1. The van der Waals surface area contributed by atoms with Crippen LogP contribution >= 0.6 is 0 Å². The number of aliphatic imine (C=N–C) groups is 1. The molecule has 5 rings (SSSR count). The first-order valence-electron chi connectivity index (χ1n) is 9.61. The van der Waals surface area contributed by atoms with Crippen molar-refractivity contribution in [3.63, 3.8) is 0 Å². The van der Waals surface area contributed by atoms with Crippen LogP contribution in [-0.4, -0.2) is 27.3 Å². The summed E-state index contributed by atoms with van der Waals surface area (Å²) in [6, 6.07) is 8.37. The summed E-state index contributed by atoms with van der Waals surface area (Å²) in [5, 5.41) is 9.26. The van der Waals surface area contributed by atoms with E-state index in [0.29, 0.717) is 6.54 Å². The fourth-order valence-electron chi connectivity index (χ4n) is 4.00. The van der Waals surface area contributed by atoms with Crippen LogP contribution in [0.5, 0.6) is 0 Å². The number of anilines is 2. The van der Waals surface area contributed by atoms with Crippen LogP contribution in [0.2, 0.25) is 0 Å². The summed E-state index contributed by atoms with van der Waals surface area (Å²) >= 11 is 0. The minimum atomic E-state index is 0.582. The Labute approximate surface area is 158 Å². The predicted octanol–water partition coefficient (Wildman–Crippen LogP) is 4.00. The van der Waals surface area contributed by atoms with Crippen molar-refractivity contribution < 1.29 is 0 Å². The third-order valence-corrected chi connectivity index (χ3v) is 5.45. The number of pyridine rings is 1. The maximum absolute atomic E-state index is 4.56. The van der Waals surface area contributed by atoms with Crippen LogP contribution < -0.4 is 10.6 Å². The molecule has 1 fully saturated rings. The first kappa shape index (κ1) is 16.2. The van der Waals surface area contributed by atoms with E-state index < -0.39 is 0 Å². The molecule has 2 aromatic heterocycles. The number of rotatable bonds is 4. The lowest BCUT2D eigenvalue weighted by atomic mass is 10.1. The molecule has 0 amide bonds. The number of nitrogens with one attached hydrogen (secondary N) is 2. The fourth-order valence-corrected chi connectivity index (χ4v) is 4.00. The molecule has 27 heavy (non-hydrogen) atoms. The lowest BCUT2D eigenvalue weighted by Crippen LogP contribution is -2.14. The van der Waals surface area contributed by atoms with E-state index >= 15 is 0 Å². The highest BCUT2D eigenvalue weighted by Crippen LogP contribution is 2.28. The number of aromatic nitrogens is 3. The van der Waals surface area contributed by atoms with Crippen molar-refractivity contribution in [2.45, 2.75) is 32.2 Å². The van der Waals surface area contributed by atoms with Gasteiger partial charge >= 0.3 is 0 Å². The van der Waals surface area contributed by atoms with Crippen molar-refractivity contribution in [1.82, 2.24) is 15.0 Å². The first-order chi connectivity index (χ1) is 13.4. The summed E-state index contributed by atoms with van der Waals surface area (Å²) in [7, 11) is 0. The smallest absolute Gasteiger partial charge is 0.154 e. The molecule has 1 saturated carbocycles. The Hall–Kier alpha value is -3.02. The standard InChI is InChI=1S/C21H22N6/c1-2-4-14(3-1)12-25-20-17-6-5-16(11-15(17)7-8-24-20)27-21-19-18(13-26-21)22-9-10-23-19/h5-11,14H,1-4,12-13H2,(H,24,25)(H,26,27). The van der Waals surface area contributed by atoms with Crippen molar-refractivity contribution in [3.05, 3.63) is 54.2 Å². The van der Waals surface area contributed by atoms with E-state index in [-0.39, 0.29) is 0 Å². The predicted molar refractivity (Wildman–Crippen MR) is 108 cm³/mol. The summed E-state index contributed by atoms with van der Waals surface area (Å²) in [4.78, 5) is 17.8. The maximum atomic E-state index is 4.56. The molecule has 1 aliphatic carbocycles. The van der Waals surface area contributed by atoms with Gasteiger partial charge < -0.3 is 10.6 Å². The van der Waals surface area contributed by atoms with Crippen molar-refractivity contribution in [2.75, 3.05) is 17.2 Å². The molecular weight excluding hydrogens is 336 g/mol. The average Bonchev–Trinajstić information content (AvgIpc) is 3.36. The zero-order valence-electron chi connectivity index (χ0n) is 15.2. The van der Waals surface area contributed by atoms with E-state index in [1.807, 2.05) is 12.3 Å². The van der Waals surface area contributed by atoms with Gasteiger partial charge in [0.05, 0.1) is 12.2 Å². The Morgan fingerprint density at radius 1 is 0.963 bits per heavy atom. The molecule has 6 nitrogen and oxygen atoms in total. The molecule has 6 heteroatoms. The lowest BCUT2D eigenvalue weighted by molar-refractivity contribution is 0.579. The molecule has 2 aliphatic rings. The van der Waals surface area contributed by atoms with Crippen molar-refractivity contribution >= 4 is 28.1 Å². The van der Waals surface area contributed by atoms with Gasteiger partial charge in [-0.3, -0.25) is 9.98 Å². The topological polar surface area (TPSA) is 75.1 Å². The van der Waals surface area contributed by atoms with Crippen LogP contribution in [0.3, 0.4) is 0 Å². The van der Waals surface area contributed by atoms with Gasteiger partial charge in [0.25, 0.3) is 0 Å². The highest BCUT2D eigenvalue weighted by molar-refractivity contribution is 6.09. The summed E-state index contributed by atoms with van der Waals surface area (Å²) in [6.45, 7) is 1.59. The Kier molecular flexibility index (Phi) is 4.16. The summed E-state index contributed by atoms with van der Waals surface area (Å²) in [5.74, 6) is 2.54. The normalized spacial score (nSPS) is 16.4. The second-order valence-electron chi connectivity index (χ2n) is 7.27. The number of hydrogen-bond acceptors (Lipinski definition) is 6. The third-order valence-electron chi connectivity index (χ3n) is 5.45. The van der Waals surface area contributed by atoms with Gasteiger partial charge in [-0.25, -0.2) is 9.97 Å². The molecule has 0 atom stereocenters. The summed E-state index contributed by atoms with van der Waals surface area (Å²) in [5.41, 5.74) is 2.75. The molecular formula is C21H22N6. The highest BCUT2D eigenvalue weighted by Gasteiger charge is 2.18. The van der Waals surface area contributed by atoms with E-state index in [1.165, 1.54) is 25.7 Å². The molecule has 0 unspecified atom stereocenters. The van der Waals surface area contributed by atoms with Gasteiger partial charge in [0, 0.05) is 36.2 Å². The SMILES string of the molecule is c1cnc2c(n1)CN=C2Nc1ccc2c(NCC3CCCC3)nccc2c1. The van der Waals surface area contributed by atoms with Gasteiger partial charge in [-0.1, -0.05) is 12.8 Å². The molecule has 3 aromatic rings. The Bertz CT molecular complexity index is 1010. The molecule has 2 N–H and O–H groups in total. The molecule has 0 bridgehead atoms. The van der Waals surface area contributed by atoms with Gasteiger partial charge in [-0.2, -0.15) is 0 Å².